The van der Waals surface area contributed by atoms with E-state index in [9.17, 15) is 30.4 Å². The highest BCUT2D eigenvalue weighted by Crippen LogP contribution is 2.38. The van der Waals surface area contributed by atoms with E-state index in [1.165, 1.54) is 24.3 Å². The van der Waals surface area contributed by atoms with Crippen LogP contribution in [-0.4, -0.2) is 32.4 Å². The average molecular weight is 342 g/mol. The van der Waals surface area contributed by atoms with Crippen molar-refractivity contribution in [1.29, 1.82) is 0 Å². The highest BCUT2D eigenvalue weighted by molar-refractivity contribution is 7.87. The van der Waals surface area contributed by atoms with Crippen LogP contribution in [0.5, 0.6) is 0 Å². The summed E-state index contributed by atoms with van der Waals surface area (Å²) in [6.07, 6.45) is -4.70. The maximum atomic E-state index is 14.0. The van der Waals surface area contributed by atoms with E-state index >= 15 is 0 Å². The van der Waals surface area contributed by atoms with Gasteiger partial charge in [-0.25, -0.2) is 8.78 Å². The minimum Gasteiger partial charge on any atom is -0.256 e. The van der Waals surface area contributed by atoms with Gasteiger partial charge in [0, 0.05) is 5.92 Å². The molecule has 0 fully saturated rings. The van der Waals surface area contributed by atoms with Crippen LogP contribution in [0.25, 0.3) is 0 Å². The monoisotopic (exact) mass is 342 g/mol. The van der Waals surface area contributed by atoms with Crippen molar-refractivity contribution in [2.24, 2.45) is 0 Å². The molecule has 0 saturated heterocycles. The zero-order valence-electron chi connectivity index (χ0n) is 10.9. The Morgan fingerprint density at radius 2 is 1.50 bits per heavy atom. The van der Waals surface area contributed by atoms with Gasteiger partial charge < -0.3 is 0 Å². The quantitative estimate of drug-likeness (QED) is 0.367. The highest BCUT2D eigenvalue weighted by atomic mass is 32.2. The summed E-state index contributed by atoms with van der Waals surface area (Å²) in [6.45, 7) is 0. The van der Waals surface area contributed by atoms with Gasteiger partial charge >= 0.3 is 15.6 Å². The molecule has 4 atom stereocenters. The van der Waals surface area contributed by atoms with Gasteiger partial charge in [-0.3, -0.25) is 4.18 Å². The predicted octanol–water partition coefficient (Wildman–Crippen LogP) is 3.25. The summed E-state index contributed by atoms with van der Waals surface area (Å²) in [5.41, 5.74) is -5.56. The summed E-state index contributed by atoms with van der Waals surface area (Å²) in [5.74, 6) is -1.50. The summed E-state index contributed by atoms with van der Waals surface area (Å²) in [7, 11) is -6.04. The Balaban J connectivity index is 2.39. The van der Waals surface area contributed by atoms with Gasteiger partial charge in [0.25, 0.3) is 0 Å². The van der Waals surface area contributed by atoms with E-state index in [0.29, 0.717) is 6.08 Å². The van der Waals surface area contributed by atoms with Crippen molar-refractivity contribution in [3.05, 3.63) is 48.0 Å². The van der Waals surface area contributed by atoms with E-state index in [1.54, 1.807) is 6.07 Å². The number of benzene rings is 1. The summed E-state index contributed by atoms with van der Waals surface area (Å²) >= 11 is 0. The van der Waals surface area contributed by atoms with Crippen molar-refractivity contribution in [2.75, 3.05) is 0 Å². The second kappa shape index (κ2) is 5.96. The lowest BCUT2D eigenvalue weighted by molar-refractivity contribution is -0.0621. The minimum atomic E-state index is -6.04. The second-order valence-electron chi connectivity index (χ2n) is 4.67. The minimum absolute atomic E-state index is 0.143. The highest BCUT2D eigenvalue weighted by Gasteiger charge is 2.52. The van der Waals surface area contributed by atoms with E-state index in [2.05, 4.69) is 4.18 Å². The molecule has 0 spiro atoms. The van der Waals surface area contributed by atoms with Crippen molar-refractivity contribution < 1.29 is 34.6 Å². The van der Waals surface area contributed by atoms with Crippen LogP contribution in [0, 0.1) is 0 Å². The molecule has 0 N–H and O–H groups in total. The summed E-state index contributed by atoms with van der Waals surface area (Å²) in [4.78, 5) is 0. The Morgan fingerprint density at radius 1 is 0.955 bits per heavy atom. The maximum absolute atomic E-state index is 14.0. The lowest BCUT2D eigenvalue weighted by Crippen LogP contribution is -2.42. The predicted molar refractivity (Wildman–Crippen MR) is 68.0 cm³/mol. The molecular weight excluding hydrogens is 331 g/mol. The molecule has 0 radical (unpaired) electrons. The molecule has 1 aromatic rings. The van der Waals surface area contributed by atoms with Crippen LogP contribution in [0.15, 0.2) is 42.5 Å². The fourth-order valence-corrected chi connectivity index (χ4v) is 2.81. The Kier molecular flexibility index (Phi) is 4.57. The van der Waals surface area contributed by atoms with Gasteiger partial charge in [-0.05, 0) is 11.6 Å². The standard InChI is InChI=1S/C13H11F5O3S/c14-9-6-7-10(15)12(21-22(19,20)13(16,17)18)11(9)8-4-2-1-3-5-8/h1-7,9-12H/t9-,10+,11-,12-/m0/s1. The maximum Gasteiger partial charge on any atom is 0.523 e. The second-order valence-corrected chi connectivity index (χ2v) is 6.23. The molecule has 0 unspecified atom stereocenters. The molecule has 0 saturated carbocycles. The van der Waals surface area contributed by atoms with Crippen LogP contribution >= 0.6 is 0 Å². The first-order chi connectivity index (χ1) is 10.1. The van der Waals surface area contributed by atoms with E-state index in [4.69, 9.17) is 0 Å². The zero-order chi connectivity index (χ0) is 16.5. The number of allylic oxidation sites excluding steroid dienone is 1. The van der Waals surface area contributed by atoms with Crippen LogP contribution in [0.2, 0.25) is 0 Å². The summed E-state index contributed by atoms with van der Waals surface area (Å²) in [6, 6.07) is 7.25. The van der Waals surface area contributed by atoms with Gasteiger partial charge in [-0.2, -0.15) is 21.6 Å². The lowest BCUT2D eigenvalue weighted by atomic mass is 9.83. The molecule has 1 aromatic carbocycles. The van der Waals surface area contributed by atoms with Gasteiger partial charge in [0.15, 0.2) is 0 Å². The van der Waals surface area contributed by atoms with Crippen LogP contribution in [0.4, 0.5) is 22.0 Å². The molecule has 0 bridgehead atoms. The van der Waals surface area contributed by atoms with E-state index < -0.39 is 40.0 Å². The van der Waals surface area contributed by atoms with Crippen molar-refractivity contribution in [1.82, 2.24) is 0 Å². The number of hydrogen-bond acceptors (Lipinski definition) is 3. The topological polar surface area (TPSA) is 43.4 Å². The summed E-state index contributed by atoms with van der Waals surface area (Å²) in [5, 5.41) is 0. The summed E-state index contributed by atoms with van der Waals surface area (Å²) < 4.78 is 91.2. The molecule has 3 nitrogen and oxygen atoms in total. The number of rotatable bonds is 3. The Bertz CT molecular complexity index is 641. The van der Waals surface area contributed by atoms with Gasteiger partial charge in [-0.1, -0.05) is 36.4 Å². The van der Waals surface area contributed by atoms with Crippen LogP contribution in [0.1, 0.15) is 11.5 Å². The fraction of sp³-hybridized carbons (Fsp3) is 0.385. The van der Waals surface area contributed by atoms with Gasteiger partial charge in [0.2, 0.25) is 0 Å². The molecule has 0 heterocycles. The van der Waals surface area contributed by atoms with Crippen LogP contribution < -0.4 is 0 Å². The Labute approximate surface area is 123 Å². The van der Waals surface area contributed by atoms with E-state index in [0.717, 1.165) is 6.08 Å². The third kappa shape index (κ3) is 3.30. The molecule has 0 amide bonds. The molecule has 1 aliphatic rings. The molecule has 22 heavy (non-hydrogen) atoms. The third-order valence-corrected chi connectivity index (χ3v) is 4.24. The molecule has 122 valence electrons. The number of alkyl halides is 5. The van der Waals surface area contributed by atoms with Crippen molar-refractivity contribution >= 4 is 10.1 Å². The number of halogens is 5. The molecule has 0 aliphatic heterocycles. The molecule has 1 aliphatic carbocycles. The smallest absolute Gasteiger partial charge is 0.256 e. The van der Waals surface area contributed by atoms with Gasteiger partial charge in [0.05, 0.1) is 0 Å². The fourth-order valence-electron chi connectivity index (χ4n) is 2.18. The van der Waals surface area contributed by atoms with E-state index in [1.807, 2.05) is 0 Å². The third-order valence-electron chi connectivity index (χ3n) is 3.20. The van der Waals surface area contributed by atoms with Crippen LogP contribution in [0.3, 0.4) is 0 Å². The number of hydrogen-bond donors (Lipinski definition) is 0. The zero-order valence-corrected chi connectivity index (χ0v) is 11.7. The van der Waals surface area contributed by atoms with Crippen LogP contribution in [-0.2, 0) is 14.3 Å². The molecule has 9 heteroatoms. The Hall–Kier alpha value is -1.48. The first-order valence-corrected chi connectivity index (χ1v) is 7.55. The molecule has 0 aromatic heterocycles. The average Bonchev–Trinajstić information content (AvgIpc) is 2.42. The van der Waals surface area contributed by atoms with Gasteiger partial charge in [0.1, 0.15) is 18.4 Å². The Morgan fingerprint density at radius 3 is 2.05 bits per heavy atom. The van der Waals surface area contributed by atoms with Crippen molar-refractivity contribution in [3.63, 3.8) is 0 Å². The first kappa shape index (κ1) is 16.9. The molecular formula is C13H11F5O3S. The SMILES string of the molecule is O=S(=O)(O[C@@H]1[C@@H](c2ccccc2)[C@@H](F)C=C[C@H]1F)C(F)(F)F. The largest absolute Gasteiger partial charge is 0.523 e. The lowest BCUT2D eigenvalue weighted by Gasteiger charge is -2.32. The first-order valence-electron chi connectivity index (χ1n) is 6.14. The van der Waals surface area contributed by atoms with Gasteiger partial charge in [-0.15, -0.1) is 0 Å². The molecule has 2 rings (SSSR count). The van der Waals surface area contributed by atoms with Crippen molar-refractivity contribution in [2.45, 2.75) is 29.9 Å². The van der Waals surface area contributed by atoms with Crippen molar-refractivity contribution in [3.8, 4) is 0 Å². The van der Waals surface area contributed by atoms with E-state index in [-0.39, 0.29) is 5.56 Å². The normalized spacial score (nSPS) is 29.5.